The summed E-state index contributed by atoms with van der Waals surface area (Å²) in [5.41, 5.74) is 0.813. The maximum atomic E-state index is 14.1. The third-order valence-electron chi connectivity index (χ3n) is 3.26. The number of hydrogen-bond acceptors (Lipinski definition) is 4. The molecule has 0 saturated carbocycles. The van der Waals surface area contributed by atoms with Crippen LogP contribution in [0.25, 0.3) is 0 Å². The summed E-state index contributed by atoms with van der Waals surface area (Å²) in [6.45, 7) is 1.04. The number of benzene rings is 2. The van der Waals surface area contributed by atoms with Crippen LogP contribution < -0.4 is 10.6 Å². The monoisotopic (exact) mass is 336 g/mol. The SMILES string of the molecule is NN(CCC=O)CCc1ccc(Oc2ccc(Cl)cc2)c(F)c1. The largest absolute Gasteiger partial charge is 0.454 e. The summed E-state index contributed by atoms with van der Waals surface area (Å²) >= 11 is 5.80. The van der Waals surface area contributed by atoms with Gasteiger partial charge in [0, 0.05) is 24.5 Å². The molecule has 0 aliphatic carbocycles. The highest BCUT2D eigenvalue weighted by Gasteiger charge is 2.07. The van der Waals surface area contributed by atoms with Gasteiger partial charge in [0.25, 0.3) is 0 Å². The van der Waals surface area contributed by atoms with Crippen molar-refractivity contribution in [3.05, 3.63) is 58.9 Å². The molecule has 0 spiro atoms. The molecule has 0 aliphatic rings. The number of hydrogen-bond donors (Lipinski definition) is 1. The molecule has 0 atom stereocenters. The highest BCUT2D eigenvalue weighted by molar-refractivity contribution is 6.30. The first-order valence-corrected chi connectivity index (χ1v) is 7.61. The van der Waals surface area contributed by atoms with Crippen LogP contribution >= 0.6 is 11.6 Å². The van der Waals surface area contributed by atoms with Crippen LogP contribution in [0, 0.1) is 5.82 Å². The highest BCUT2D eigenvalue weighted by Crippen LogP contribution is 2.26. The molecule has 0 aliphatic heterocycles. The van der Waals surface area contributed by atoms with Crippen molar-refractivity contribution in [2.24, 2.45) is 5.84 Å². The molecule has 0 saturated heterocycles. The molecule has 6 heteroatoms. The number of carbonyl (C=O) groups is 1. The van der Waals surface area contributed by atoms with E-state index in [2.05, 4.69) is 0 Å². The predicted octanol–water partition coefficient (Wildman–Crippen LogP) is 3.58. The molecule has 23 heavy (non-hydrogen) atoms. The Bertz CT molecular complexity index is 650. The minimum atomic E-state index is -0.436. The molecule has 2 rings (SSSR count). The van der Waals surface area contributed by atoms with E-state index in [1.165, 1.54) is 6.07 Å². The number of rotatable bonds is 8. The molecule has 2 aromatic rings. The van der Waals surface area contributed by atoms with E-state index in [0.717, 1.165) is 11.8 Å². The lowest BCUT2D eigenvalue weighted by atomic mass is 10.1. The molecular formula is C17H18ClFN2O2. The van der Waals surface area contributed by atoms with E-state index in [1.54, 1.807) is 41.4 Å². The Morgan fingerprint density at radius 1 is 1.17 bits per heavy atom. The molecule has 2 N–H and O–H groups in total. The summed E-state index contributed by atoms with van der Waals surface area (Å²) in [5.74, 6) is 5.97. The molecule has 0 bridgehead atoms. The second kappa shape index (κ2) is 8.62. The van der Waals surface area contributed by atoms with Crippen molar-refractivity contribution in [1.29, 1.82) is 0 Å². The number of hydrazine groups is 1. The lowest BCUT2D eigenvalue weighted by Gasteiger charge is -2.15. The molecular weight excluding hydrogens is 319 g/mol. The van der Waals surface area contributed by atoms with Crippen LogP contribution in [-0.4, -0.2) is 24.4 Å². The van der Waals surface area contributed by atoms with Crippen molar-refractivity contribution in [1.82, 2.24) is 5.01 Å². The zero-order valence-electron chi connectivity index (χ0n) is 12.5. The Kier molecular flexibility index (Phi) is 6.52. The Labute approximate surface area is 139 Å². The van der Waals surface area contributed by atoms with E-state index >= 15 is 0 Å². The van der Waals surface area contributed by atoms with Crippen LogP contribution in [0.3, 0.4) is 0 Å². The maximum absolute atomic E-state index is 14.1. The van der Waals surface area contributed by atoms with E-state index < -0.39 is 5.82 Å². The van der Waals surface area contributed by atoms with Gasteiger partial charge in [0.2, 0.25) is 0 Å². The average molecular weight is 337 g/mol. The minimum Gasteiger partial charge on any atom is -0.454 e. The van der Waals surface area contributed by atoms with Crippen molar-refractivity contribution < 1.29 is 13.9 Å². The zero-order chi connectivity index (χ0) is 16.7. The van der Waals surface area contributed by atoms with Gasteiger partial charge in [0.1, 0.15) is 12.0 Å². The molecule has 0 fully saturated rings. The fourth-order valence-corrected chi connectivity index (χ4v) is 2.14. The first-order chi connectivity index (χ1) is 11.1. The quantitative estimate of drug-likeness (QED) is 0.455. The van der Waals surface area contributed by atoms with Gasteiger partial charge in [-0.2, -0.15) is 0 Å². The van der Waals surface area contributed by atoms with Gasteiger partial charge in [-0.1, -0.05) is 17.7 Å². The predicted molar refractivity (Wildman–Crippen MR) is 88.1 cm³/mol. The van der Waals surface area contributed by atoms with Crippen LogP contribution in [0.2, 0.25) is 5.02 Å². The van der Waals surface area contributed by atoms with Gasteiger partial charge in [-0.05, 0) is 48.4 Å². The topological polar surface area (TPSA) is 55.6 Å². The zero-order valence-corrected chi connectivity index (χ0v) is 13.3. The number of nitrogens with zero attached hydrogens (tertiary/aromatic N) is 1. The van der Waals surface area contributed by atoms with Crippen molar-refractivity contribution in [3.63, 3.8) is 0 Å². The summed E-state index contributed by atoms with van der Waals surface area (Å²) in [4.78, 5) is 10.3. The van der Waals surface area contributed by atoms with Crippen LogP contribution in [-0.2, 0) is 11.2 Å². The van der Waals surface area contributed by atoms with Crippen LogP contribution in [0.1, 0.15) is 12.0 Å². The third-order valence-corrected chi connectivity index (χ3v) is 3.51. The van der Waals surface area contributed by atoms with E-state index in [-0.39, 0.29) is 5.75 Å². The van der Waals surface area contributed by atoms with Gasteiger partial charge in [0.05, 0.1) is 0 Å². The Hall–Kier alpha value is -1.95. The smallest absolute Gasteiger partial charge is 0.165 e. The molecule has 2 aromatic carbocycles. The number of ether oxygens (including phenoxy) is 1. The summed E-state index contributed by atoms with van der Waals surface area (Å²) in [6, 6.07) is 11.5. The van der Waals surface area contributed by atoms with Gasteiger partial charge in [-0.25, -0.2) is 9.40 Å². The van der Waals surface area contributed by atoms with Gasteiger partial charge < -0.3 is 9.53 Å². The summed E-state index contributed by atoms with van der Waals surface area (Å²) in [7, 11) is 0. The first-order valence-electron chi connectivity index (χ1n) is 7.23. The maximum Gasteiger partial charge on any atom is 0.165 e. The Morgan fingerprint density at radius 3 is 2.57 bits per heavy atom. The summed E-state index contributed by atoms with van der Waals surface area (Å²) in [6.07, 6.45) is 1.80. The number of aldehydes is 1. The Morgan fingerprint density at radius 2 is 1.91 bits per heavy atom. The van der Waals surface area contributed by atoms with Gasteiger partial charge >= 0.3 is 0 Å². The van der Waals surface area contributed by atoms with Crippen molar-refractivity contribution in [3.8, 4) is 11.5 Å². The third kappa shape index (κ3) is 5.63. The fourth-order valence-electron chi connectivity index (χ4n) is 2.02. The second-order valence-electron chi connectivity index (χ2n) is 5.06. The molecule has 0 aromatic heterocycles. The first kappa shape index (κ1) is 17.4. The van der Waals surface area contributed by atoms with Gasteiger partial charge in [-0.3, -0.25) is 5.84 Å². The van der Waals surface area contributed by atoms with E-state index in [1.807, 2.05) is 0 Å². The lowest BCUT2D eigenvalue weighted by molar-refractivity contribution is -0.108. The molecule has 4 nitrogen and oxygen atoms in total. The lowest BCUT2D eigenvalue weighted by Crippen LogP contribution is -2.34. The van der Waals surface area contributed by atoms with E-state index in [0.29, 0.717) is 36.7 Å². The van der Waals surface area contributed by atoms with Gasteiger partial charge in [-0.15, -0.1) is 0 Å². The van der Waals surface area contributed by atoms with Crippen LogP contribution in [0.5, 0.6) is 11.5 Å². The molecule has 0 radical (unpaired) electrons. The fraction of sp³-hybridized carbons (Fsp3) is 0.235. The van der Waals surface area contributed by atoms with Crippen molar-refractivity contribution in [2.75, 3.05) is 13.1 Å². The average Bonchev–Trinajstić information content (AvgIpc) is 2.55. The van der Waals surface area contributed by atoms with Crippen molar-refractivity contribution >= 4 is 17.9 Å². The van der Waals surface area contributed by atoms with E-state index in [4.69, 9.17) is 22.2 Å². The molecule has 0 heterocycles. The minimum absolute atomic E-state index is 0.154. The molecule has 122 valence electrons. The van der Waals surface area contributed by atoms with Crippen molar-refractivity contribution in [2.45, 2.75) is 12.8 Å². The molecule has 0 unspecified atom stereocenters. The van der Waals surface area contributed by atoms with E-state index in [9.17, 15) is 9.18 Å². The number of halogens is 2. The summed E-state index contributed by atoms with van der Waals surface area (Å²) < 4.78 is 19.6. The highest BCUT2D eigenvalue weighted by atomic mass is 35.5. The molecule has 0 amide bonds. The number of carbonyl (C=O) groups excluding carboxylic acids is 1. The second-order valence-corrected chi connectivity index (χ2v) is 5.50. The number of nitrogens with two attached hydrogens (primary N) is 1. The normalized spacial score (nSPS) is 10.8. The van der Waals surface area contributed by atoms with Crippen LogP contribution in [0.4, 0.5) is 4.39 Å². The van der Waals surface area contributed by atoms with Gasteiger partial charge in [0.15, 0.2) is 11.6 Å². The Balaban J connectivity index is 1.94. The van der Waals surface area contributed by atoms with Crippen LogP contribution in [0.15, 0.2) is 42.5 Å². The summed E-state index contributed by atoms with van der Waals surface area (Å²) in [5, 5.41) is 2.14. The standard InChI is InChI=1S/C17H18ClFN2O2/c18-14-3-5-15(6-4-14)23-17-7-2-13(12-16(17)19)8-10-21(20)9-1-11-22/h2-7,11-12H,1,8-10,20H2.